The minimum atomic E-state index is 0.454. The Hall–Kier alpha value is -0.0800. The topological polar surface area (TPSA) is 21.3 Å². The summed E-state index contributed by atoms with van der Waals surface area (Å²) < 4.78 is 5.08. The largest absolute Gasteiger partial charge is 0.383 e. The number of methoxy groups -OCH3 is 1. The van der Waals surface area contributed by atoms with E-state index in [1.807, 2.05) is 0 Å². The van der Waals surface area contributed by atoms with Crippen molar-refractivity contribution in [2.75, 3.05) is 26.8 Å². The van der Waals surface area contributed by atoms with Crippen LogP contribution in [-0.2, 0) is 4.74 Å². The van der Waals surface area contributed by atoms with Gasteiger partial charge in [0, 0.05) is 13.7 Å². The molecule has 2 heteroatoms. The van der Waals surface area contributed by atoms with Gasteiger partial charge in [-0.25, -0.2) is 0 Å². The van der Waals surface area contributed by atoms with E-state index in [-0.39, 0.29) is 0 Å². The van der Waals surface area contributed by atoms with Gasteiger partial charge < -0.3 is 10.1 Å². The quantitative estimate of drug-likeness (QED) is 0.700. The molecule has 2 nitrogen and oxygen atoms in total. The van der Waals surface area contributed by atoms with E-state index in [0.717, 1.165) is 25.6 Å². The molecule has 108 valence electrons. The second kappa shape index (κ2) is 5.50. The van der Waals surface area contributed by atoms with Crippen molar-refractivity contribution in [2.24, 2.45) is 22.2 Å². The van der Waals surface area contributed by atoms with Crippen LogP contribution >= 0.6 is 0 Å². The van der Waals surface area contributed by atoms with Crippen molar-refractivity contribution < 1.29 is 4.74 Å². The highest BCUT2D eigenvalue weighted by Crippen LogP contribution is 2.70. The SMILES string of the molecule is COCCNCC1C(C)(C)C1(C)CCC(C)(C)C. The smallest absolute Gasteiger partial charge is 0.0587 e. The van der Waals surface area contributed by atoms with Crippen LogP contribution in [0.15, 0.2) is 0 Å². The molecule has 1 fully saturated rings. The molecule has 18 heavy (non-hydrogen) atoms. The van der Waals surface area contributed by atoms with E-state index < -0.39 is 0 Å². The molecule has 0 bridgehead atoms. The lowest BCUT2D eigenvalue weighted by atomic mass is 9.83. The zero-order valence-corrected chi connectivity index (χ0v) is 13.5. The fourth-order valence-electron chi connectivity index (χ4n) is 3.23. The lowest BCUT2D eigenvalue weighted by molar-refractivity contribution is 0.198. The summed E-state index contributed by atoms with van der Waals surface area (Å²) in [4.78, 5) is 0. The Bertz CT molecular complexity index is 267. The van der Waals surface area contributed by atoms with E-state index >= 15 is 0 Å². The average molecular weight is 255 g/mol. The predicted molar refractivity (Wildman–Crippen MR) is 78.8 cm³/mol. The third-order valence-corrected chi connectivity index (χ3v) is 5.25. The first-order valence-electron chi connectivity index (χ1n) is 7.35. The molecular formula is C16H33NO. The summed E-state index contributed by atoms with van der Waals surface area (Å²) in [6, 6.07) is 0. The Morgan fingerprint density at radius 3 is 2.28 bits per heavy atom. The van der Waals surface area contributed by atoms with Crippen LogP contribution in [0.5, 0.6) is 0 Å². The highest BCUT2D eigenvalue weighted by atomic mass is 16.5. The van der Waals surface area contributed by atoms with Gasteiger partial charge in [-0.05, 0) is 41.5 Å². The third kappa shape index (κ3) is 3.48. The van der Waals surface area contributed by atoms with Crippen LogP contribution in [0.3, 0.4) is 0 Å². The van der Waals surface area contributed by atoms with E-state index in [1.54, 1.807) is 7.11 Å². The van der Waals surface area contributed by atoms with Crippen molar-refractivity contribution in [1.29, 1.82) is 0 Å². The molecule has 0 saturated heterocycles. The molecule has 0 spiro atoms. The van der Waals surface area contributed by atoms with E-state index in [0.29, 0.717) is 16.2 Å². The van der Waals surface area contributed by atoms with E-state index in [4.69, 9.17) is 4.74 Å². The summed E-state index contributed by atoms with van der Waals surface area (Å²) in [7, 11) is 1.76. The van der Waals surface area contributed by atoms with Gasteiger partial charge in [0.25, 0.3) is 0 Å². The van der Waals surface area contributed by atoms with Crippen LogP contribution in [0.1, 0.15) is 54.4 Å². The minimum absolute atomic E-state index is 0.454. The van der Waals surface area contributed by atoms with E-state index in [9.17, 15) is 0 Å². The van der Waals surface area contributed by atoms with Gasteiger partial charge in [-0.3, -0.25) is 0 Å². The molecule has 0 heterocycles. The summed E-state index contributed by atoms with van der Waals surface area (Å²) in [5, 5.41) is 3.53. The normalized spacial score (nSPS) is 30.5. The van der Waals surface area contributed by atoms with Crippen molar-refractivity contribution in [3.05, 3.63) is 0 Å². The van der Waals surface area contributed by atoms with Gasteiger partial charge in [0.05, 0.1) is 6.61 Å². The van der Waals surface area contributed by atoms with Gasteiger partial charge in [0.1, 0.15) is 0 Å². The Morgan fingerprint density at radius 2 is 1.78 bits per heavy atom. The number of hydrogen-bond acceptors (Lipinski definition) is 2. The van der Waals surface area contributed by atoms with Crippen molar-refractivity contribution in [2.45, 2.75) is 54.4 Å². The van der Waals surface area contributed by atoms with Crippen LogP contribution in [0.25, 0.3) is 0 Å². The number of rotatable bonds is 7. The molecule has 1 aliphatic rings. The van der Waals surface area contributed by atoms with Gasteiger partial charge >= 0.3 is 0 Å². The first-order chi connectivity index (χ1) is 8.15. The molecule has 2 unspecified atom stereocenters. The zero-order chi connectivity index (χ0) is 14.0. The summed E-state index contributed by atoms with van der Waals surface area (Å²) in [5.74, 6) is 0.809. The Kier molecular flexibility index (Phi) is 4.88. The first kappa shape index (κ1) is 16.0. The molecule has 0 radical (unpaired) electrons. The Balaban J connectivity index is 2.40. The van der Waals surface area contributed by atoms with Crippen LogP contribution in [0, 0.1) is 22.2 Å². The van der Waals surface area contributed by atoms with Gasteiger partial charge in [0.2, 0.25) is 0 Å². The minimum Gasteiger partial charge on any atom is -0.383 e. The van der Waals surface area contributed by atoms with Crippen LogP contribution < -0.4 is 5.32 Å². The van der Waals surface area contributed by atoms with Gasteiger partial charge in [-0.15, -0.1) is 0 Å². The Labute approximate surface area is 114 Å². The summed E-state index contributed by atoms with van der Waals surface area (Å²) in [6.07, 6.45) is 2.67. The lowest BCUT2D eigenvalue weighted by Crippen LogP contribution is -2.23. The van der Waals surface area contributed by atoms with Gasteiger partial charge in [-0.2, -0.15) is 0 Å². The maximum absolute atomic E-state index is 5.08. The van der Waals surface area contributed by atoms with Crippen molar-refractivity contribution in [1.82, 2.24) is 5.32 Å². The fraction of sp³-hybridized carbons (Fsp3) is 1.00. The van der Waals surface area contributed by atoms with E-state index in [1.165, 1.54) is 12.8 Å². The van der Waals surface area contributed by atoms with Crippen molar-refractivity contribution >= 4 is 0 Å². The second-order valence-electron chi connectivity index (χ2n) is 7.95. The second-order valence-corrected chi connectivity index (χ2v) is 7.95. The maximum atomic E-state index is 5.08. The summed E-state index contributed by atoms with van der Waals surface area (Å²) in [5.41, 5.74) is 1.45. The van der Waals surface area contributed by atoms with Crippen molar-refractivity contribution in [3.8, 4) is 0 Å². The van der Waals surface area contributed by atoms with Crippen LogP contribution in [0.4, 0.5) is 0 Å². The molecule has 0 aromatic carbocycles. The molecule has 1 aliphatic carbocycles. The maximum Gasteiger partial charge on any atom is 0.0587 e. The molecule has 1 rings (SSSR count). The van der Waals surface area contributed by atoms with Crippen LogP contribution in [0.2, 0.25) is 0 Å². The molecule has 0 aromatic rings. The first-order valence-corrected chi connectivity index (χ1v) is 7.35. The highest BCUT2D eigenvalue weighted by molar-refractivity contribution is 5.15. The molecule has 1 saturated carbocycles. The molecule has 2 atom stereocenters. The predicted octanol–water partition coefficient (Wildman–Crippen LogP) is 3.71. The zero-order valence-electron chi connectivity index (χ0n) is 13.5. The Morgan fingerprint density at radius 1 is 1.17 bits per heavy atom. The highest BCUT2D eigenvalue weighted by Gasteiger charge is 2.66. The molecule has 0 amide bonds. The summed E-state index contributed by atoms with van der Waals surface area (Å²) >= 11 is 0. The number of nitrogens with one attached hydrogen (secondary N) is 1. The van der Waals surface area contributed by atoms with Gasteiger partial charge in [0.15, 0.2) is 0 Å². The number of ether oxygens (including phenoxy) is 1. The fourth-order valence-corrected chi connectivity index (χ4v) is 3.23. The van der Waals surface area contributed by atoms with Gasteiger partial charge in [-0.1, -0.05) is 41.5 Å². The monoisotopic (exact) mass is 255 g/mol. The molecule has 0 aliphatic heterocycles. The van der Waals surface area contributed by atoms with Crippen LogP contribution in [-0.4, -0.2) is 26.8 Å². The molecule has 1 N–H and O–H groups in total. The van der Waals surface area contributed by atoms with Crippen molar-refractivity contribution in [3.63, 3.8) is 0 Å². The molecule has 0 aromatic heterocycles. The number of hydrogen-bond donors (Lipinski definition) is 1. The van der Waals surface area contributed by atoms with E-state index in [2.05, 4.69) is 46.9 Å². The lowest BCUT2D eigenvalue weighted by Gasteiger charge is -2.23. The summed E-state index contributed by atoms with van der Waals surface area (Å²) in [6.45, 7) is 17.3. The standard InChI is InChI=1S/C16H33NO/c1-14(2,3)8-9-16(6)13(15(16,4)5)12-17-10-11-18-7/h13,17H,8-12H2,1-7H3. The average Bonchev–Trinajstić information content (AvgIpc) is 2.66. The molecular weight excluding hydrogens is 222 g/mol. The third-order valence-electron chi connectivity index (χ3n) is 5.25.